The molecule has 0 spiro atoms. The summed E-state index contributed by atoms with van der Waals surface area (Å²) in [6, 6.07) is 0. The molecule has 1 aliphatic heterocycles. The largest absolute Gasteiger partial charge is 0.444 e. The molecule has 5 aliphatic rings. The third kappa shape index (κ3) is 4.68. The minimum absolute atomic E-state index is 0.0166. The van der Waals surface area contributed by atoms with Crippen LogP contribution in [0.4, 0.5) is 4.79 Å². The number of fused-ring (bicyclic) bond motifs is 5. The Morgan fingerprint density at radius 3 is 2.57 bits per heavy atom. The summed E-state index contributed by atoms with van der Waals surface area (Å²) in [4.78, 5) is 27.1. The highest BCUT2D eigenvalue weighted by atomic mass is 16.6. The van der Waals surface area contributed by atoms with E-state index < -0.39 is 11.7 Å². The summed E-state index contributed by atoms with van der Waals surface area (Å²) < 4.78 is 5.56. The van der Waals surface area contributed by atoms with E-state index in [-0.39, 0.29) is 47.2 Å². The van der Waals surface area contributed by atoms with Crippen LogP contribution in [-0.4, -0.2) is 58.4 Å². The van der Waals surface area contributed by atoms with Gasteiger partial charge in [0.2, 0.25) is 0 Å². The number of hydrogen-bond acceptors (Lipinski definition) is 5. The Hall–Kier alpha value is -1.40. The molecule has 0 aromatic rings. The number of ketones is 1. The summed E-state index contributed by atoms with van der Waals surface area (Å²) >= 11 is 0. The predicted molar refractivity (Wildman–Crippen MR) is 143 cm³/mol. The van der Waals surface area contributed by atoms with Crippen LogP contribution in [0.1, 0.15) is 92.4 Å². The van der Waals surface area contributed by atoms with Gasteiger partial charge < -0.3 is 19.8 Å². The number of rotatable bonds is 3. The molecule has 6 nitrogen and oxygen atoms in total. The highest BCUT2D eigenvalue weighted by molar-refractivity contribution is 5.87. The maximum Gasteiger partial charge on any atom is 0.410 e. The quantitative estimate of drug-likeness (QED) is 0.494. The van der Waals surface area contributed by atoms with Crippen molar-refractivity contribution in [2.75, 3.05) is 19.7 Å². The Labute approximate surface area is 223 Å². The van der Waals surface area contributed by atoms with Crippen LogP contribution in [-0.2, 0) is 9.53 Å². The summed E-state index contributed by atoms with van der Waals surface area (Å²) in [5, 5.41) is 22.2. The van der Waals surface area contributed by atoms with Crippen LogP contribution in [0.3, 0.4) is 0 Å². The first-order chi connectivity index (χ1) is 17.4. The topological polar surface area (TPSA) is 87.1 Å². The van der Waals surface area contributed by atoms with Crippen molar-refractivity contribution in [1.82, 2.24) is 4.90 Å². The van der Waals surface area contributed by atoms with E-state index in [1.54, 1.807) is 0 Å². The van der Waals surface area contributed by atoms with Gasteiger partial charge in [-0.2, -0.15) is 0 Å². The lowest BCUT2D eigenvalue weighted by molar-refractivity contribution is -0.191. The lowest BCUT2D eigenvalue weighted by Gasteiger charge is -2.63. The van der Waals surface area contributed by atoms with Gasteiger partial charge in [0, 0.05) is 37.5 Å². The van der Waals surface area contributed by atoms with E-state index >= 15 is 0 Å². The third-order valence-electron chi connectivity index (χ3n) is 11.4. The van der Waals surface area contributed by atoms with Crippen molar-refractivity contribution in [3.05, 3.63) is 11.6 Å². The van der Waals surface area contributed by atoms with E-state index in [1.807, 2.05) is 25.7 Å². The third-order valence-corrected chi connectivity index (χ3v) is 11.4. The second-order valence-electron chi connectivity index (χ2n) is 14.5. The molecule has 4 aliphatic carbocycles. The van der Waals surface area contributed by atoms with Crippen LogP contribution in [0.15, 0.2) is 11.6 Å². The van der Waals surface area contributed by atoms with E-state index in [1.165, 1.54) is 5.57 Å². The van der Waals surface area contributed by atoms with Crippen LogP contribution in [0.25, 0.3) is 0 Å². The number of likely N-dealkylation sites (tertiary alicyclic amines) is 1. The molecule has 0 aromatic carbocycles. The lowest BCUT2D eigenvalue weighted by Crippen LogP contribution is -2.62. The molecule has 9 atom stereocenters. The zero-order valence-corrected chi connectivity index (χ0v) is 23.7. The van der Waals surface area contributed by atoms with E-state index in [9.17, 15) is 19.8 Å². The molecule has 4 saturated carbocycles. The molecule has 1 saturated heterocycles. The van der Waals surface area contributed by atoms with Crippen LogP contribution >= 0.6 is 0 Å². The maximum absolute atomic E-state index is 12.8. The fourth-order valence-corrected chi connectivity index (χ4v) is 9.34. The molecule has 6 heteroatoms. The number of amides is 1. The van der Waals surface area contributed by atoms with Crippen molar-refractivity contribution in [3.63, 3.8) is 0 Å². The number of nitrogens with zero attached hydrogens (tertiary/aromatic N) is 1. The average Bonchev–Trinajstić information content (AvgIpc) is 3.42. The number of Topliss-reactive ketones (excluding diaryl/α,β-unsaturated/α-hetero) is 1. The number of aliphatic hydroxyl groups is 2. The zero-order chi connectivity index (χ0) is 26.8. The van der Waals surface area contributed by atoms with Crippen LogP contribution in [0.5, 0.6) is 0 Å². The fraction of sp³-hybridized carbons (Fsp3) is 0.871. The summed E-state index contributed by atoms with van der Waals surface area (Å²) in [5.74, 6) is 1.82. The monoisotopic (exact) mass is 515 g/mol. The van der Waals surface area contributed by atoms with Crippen molar-refractivity contribution in [2.24, 2.45) is 46.3 Å². The fourth-order valence-electron chi connectivity index (χ4n) is 9.34. The lowest BCUT2D eigenvalue weighted by atomic mass is 9.42. The molecule has 5 unspecified atom stereocenters. The van der Waals surface area contributed by atoms with Gasteiger partial charge in [-0.25, -0.2) is 4.79 Å². The van der Waals surface area contributed by atoms with Gasteiger partial charge in [0.05, 0.1) is 6.10 Å². The molecular formula is C31H49NO5. The molecule has 0 bridgehead atoms. The Morgan fingerprint density at radius 2 is 1.86 bits per heavy atom. The van der Waals surface area contributed by atoms with Crippen molar-refractivity contribution in [3.8, 4) is 0 Å². The van der Waals surface area contributed by atoms with E-state index in [2.05, 4.69) is 19.9 Å². The SMILES string of the molecule is CC(C)(C)OC(=O)N1CCC(CC=C2CC[C@]3(C)C4CC[C@]5(C)C(=O)CCC5C4[C@H](O)[C@H](CO)C3C2)C1. The Morgan fingerprint density at radius 1 is 1.11 bits per heavy atom. The van der Waals surface area contributed by atoms with Crippen LogP contribution in [0.2, 0.25) is 0 Å². The maximum atomic E-state index is 12.8. The molecule has 2 N–H and O–H groups in total. The predicted octanol–water partition coefficient (Wildman–Crippen LogP) is 5.36. The summed E-state index contributed by atoms with van der Waals surface area (Å²) in [7, 11) is 0. The van der Waals surface area contributed by atoms with Gasteiger partial charge in [0.1, 0.15) is 11.4 Å². The highest BCUT2D eigenvalue weighted by Gasteiger charge is 2.64. The smallest absolute Gasteiger partial charge is 0.410 e. The second-order valence-corrected chi connectivity index (χ2v) is 14.5. The molecule has 1 amide bonds. The standard InChI is InChI=1S/C31H49NO5/c1-29(2,3)37-28(36)32-15-12-20(17-32)7-6-19-10-13-30(4)23-11-14-31(5)22(8-9-25(31)34)26(23)27(35)21(18-33)24(30)16-19/h6,20-24,26-27,33,35H,7-18H2,1-5H3/t20?,21-,22?,23?,24?,26?,27-,30-,31+/m1/s1. The van der Waals surface area contributed by atoms with Gasteiger partial charge >= 0.3 is 6.09 Å². The van der Waals surface area contributed by atoms with Gasteiger partial charge in [-0.05, 0) is 107 Å². The first-order valence-electron chi connectivity index (χ1n) is 14.9. The number of aliphatic hydroxyl groups excluding tert-OH is 2. The van der Waals surface area contributed by atoms with Crippen molar-refractivity contribution >= 4 is 11.9 Å². The van der Waals surface area contributed by atoms with Crippen molar-refractivity contribution in [2.45, 2.75) is 104 Å². The van der Waals surface area contributed by atoms with Gasteiger partial charge in [0.25, 0.3) is 0 Å². The molecular weight excluding hydrogens is 466 g/mol. The molecule has 208 valence electrons. The van der Waals surface area contributed by atoms with Crippen molar-refractivity contribution in [1.29, 1.82) is 0 Å². The number of carbonyl (C=O) groups excluding carboxylic acids is 2. The van der Waals surface area contributed by atoms with Crippen LogP contribution < -0.4 is 0 Å². The normalized spacial score (nSPS) is 44.9. The van der Waals surface area contributed by atoms with E-state index in [4.69, 9.17) is 4.74 Å². The minimum atomic E-state index is -0.528. The Kier molecular flexibility index (Phi) is 7.09. The first-order valence-corrected chi connectivity index (χ1v) is 14.9. The number of allylic oxidation sites excluding steroid dienone is 2. The summed E-state index contributed by atoms with van der Waals surface area (Å²) in [6.45, 7) is 11.8. The van der Waals surface area contributed by atoms with Crippen LogP contribution in [0, 0.1) is 46.3 Å². The molecule has 37 heavy (non-hydrogen) atoms. The molecule has 0 aromatic heterocycles. The van der Waals surface area contributed by atoms with Gasteiger partial charge in [-0.15, -0.1) is 0 Å². The summed E-state index contributed by atoms with van der Waals surface area (Å²) in [6.07, 6.45) is 10.3. The van der Waals surface area contributed by atoms with E-state index in [0.29, 0.717) is 24.0 Å². The molecule has 1 heterocycles. The first kappa shape index (κ1) is 27.2. The zero-order valence-electron chi connectivity index (χ0n) is 23.7. The van der Waals surface area contributed by atoms with E-state index in [0.717, 1.165) is 64.5 Å². The number of hydrogen-bond donors (Lipinski definition) is 2. The van der Waals surface area contributed by atoms with Crippen molar-refractivity contribution < 1.29 is 24.5 Å². The highest BCUT2D eigenvalue weighted by Crippen LogP contribution is 2.67. The Balaban J connectivity index is 1.27. The second kappa shape index (κ2) is 9.66. The number of ether oxygens (including phenoxy) is 1. The average molecular weight is 516 g/mol. The summed E-state index contributed by atoms with van der Waals surface area (Å²) in [5.41, 5.74) is 0.810. The molecule has 5 rings (SSSR count). The Bertz CT molecular complexity index is 938. The van der Waals surface area contributed by atoms with Gasteiger partial charge in [0.15, 0.2) is 0 Å². The number of carbonyl (C=O) groups is 2. The molecule has 0 radical (unpaired) electrons. The minimum Gasteiger partial charge on any atom is -0.444 e. The van der Waals surface area contributed by atoms with Gasteiger partial charge in [-0.3, -0.25) is 4.79 Å². The molecule has 5 fully saturated rings. The van der Waals surface area contributed by atoms with Gasteiger partial charge in [-0.1, -0.05) is 25.5 Å².